The van der Waals surface area contributed by atoms with Gasteiger partial charge >= 0.3 is 0 Å². The molecule has 2 aromatic heterocycles. The molecule has 0 fully saturated rings. The minimum absolute atomic E-state index is 0.299. The molecule has 0 bridgehead atoms. The van der Waals surface area contributed by atoms with Crippen molar-refractivity contribution in [3.63, 3.8) is 0 Å². The fraction of sp³-hybridized carbons (Fsp3) is 0.150. The molecule has 0 saturated heterocycles. The van der Waals surface area contributed by atoms with Gasteiger partial charge in [-0.05, 0) is 42.3 Å². The zero-order valence-electron chi connectivity index (χ0n) is 14.9. The number of anilines is 1. The van der Waals surface area contributed by atoms with Crippen LogP contribution >= 0.6 is 0 Å². The van der Waals surface area contributed by atoms with Gasteiger partial charge in [0, 0.05) is 30.7 Å². The first-order chi connectivity index (χ1) is 13.0. The highest BCUT2D eigenvalue weighted by Gasteiger charge is 2.20. The molecule has 1 aliphatic heterocycles. The van der Waals surface area contributed by atoms with Crippen molar-refractivity contribution < 1.29 is 4.79 Å². The fourth-order valence-corrected chi connectivity index (χ4v) is 3.09. The Hall–Kier alpha value is -3.79. The van der Waals surface area contributed by atoms with Gasteiger partial charge < -0.3 is 5.32 Å². The predicted molar refractivity (Wildman–Crippen MR) is 101 cm³/mol. The summed E-state index contributed by atoms with van der Waals surface area (Å²) in [4.78, 5) is 21.3. The summed E-state index contributed by atoms with van der Waals surface area (Å²) in [5.41, 5.74) is 5.75. The fourth-order valence-electron chi connectivity index (χ4n) is 3.09. The Morgan fingerprint density at radius 2 is 2.15 bits per heavy atom. The average molecular weight is 356 g/mol. The van der Waals surface area contributed by atoms with Crippen LogP contribution in [0.2, 0.25) is 0 Å². The van der Waals surface area contributed by atoms with Crippen LogP contribution in [-0.2, 0) is 13.6 Å². The summed E-state index contributed by atoms with van der Waals surface area (Å²) in [7, 11) is 1.86. The van der Waals surface area contributed by atoms with Crippen molar-refractivity contribution in [2.75, 3.05) is 5.32 Å². The van der Waals surface area contributed by atoms with Crippen molar-refractivity contribution in [3.8, 4) is 6.07 Å². The van der Waals surface area contributed by atoms with Gasteiger partial charge in [-0.2, -0.15) is 10.4 Å². The monoisotopic (exact) mass is 356 g/mol. The highest BCUT2D eigenvalue weighted by Crippen LogP contribution is 2.26. The number of hydrogen-bond donors (Lipinski definition) is 1. The normalized spacial score (nSPS) is 12.3. The van der Waals surface area contributed by atoms with Crippen molar-refractivity contribution in [2.45, 2.75) is 13.5 Å². The third-order valence-electron chi connectivity index (χ3n) is 4.41. The highest BCUT2D eigenvalue weighted by molar-refractivity contribution is 6.15. The quantitative estimate of drug-likeness (QED) is 0.780. The first kappa shape index (κ1) is 16.7. The molecule has 0 radical (unpaired) electrons. The van der Waals surface area contributed by atoms with E-state index in [1.807, 2.05) is 43.6 Å². The molecule has 7 heteroatoms. The van der Waals surface area contributed by atoms with E-state index in [0.717, 1.165) is 22.5 Å². The minimum atomic E-state index is -0.314. The van der Waals surface area contributed by atoms with Crippen LogP contribution in [0.4, 0.5) is 5.69 Å². The summed E-state index contributed by atoms with van der Waals surface area (Å²) in [5.74, 6) is -0.314. The molecule has 0 saturated carbocycles. The summed E-state index contributed by atoms with van der Waals surface area (Å²) in [6, 6.07) is 11.3. The highest BCUT2D eigenvalue weighted by atomic mass is 16.1. The number of carbonyl (C=O) groups excluding carboxylic acids is 1. The molecular weight excluding hydrogens is 340 g/mol. The number of nitriles is 1. The number of aliphatic imine (C=N–C) groups is 1. The predicted octanol–water partition coefficient (Wildman–Crippen LogP) is 2.60. The summed E-state index contributed by atoms with van der Waals surface area (Å²) >= 11 is 0. The second kappa shape index (κ2) is 6.50. The number of rotatable bonds is 3. The van der Waals surface area contributed by atoms with Crippen molar-refractivity contribution in [3.05, 3.63) is 76.4 Å². The maximum Gasteiger partial charge on any atom is 0.274 e. The van der Waals surface area contributed by atoms with E-state index in [9.17, 15) is 4.79 Å². The van der Waals surface area contributed by atoms with E-state index in [2.05, 4.69) is 20.4 Å². The topological polar surface area (TPSA) is 96.0 Å². The number of pyridine rings is 1. The van der Waals surface area contributed by atoms with Gasteiger partial charge in [0.15, 0.2) is 0 Å². The Kier molecular flexibility index (Phi) is 4.01. The van der Waals surface area contributed by atoms with E-state index in [1.54, 1.807) is 17.7 Å². The third-order valence-corrected chi connectivity index (χ3v) is 4.41. The molecule has 0 unspecified atom stereocenters. The van der Waals surface area contributed by atoms with Crippen LogP contribution < -0.4 is 5.32 Å². The SMILES string of the molecule is Cc1cc(C#N)cnc1C(=O)Nc1ccc2c(c1)C(c1ccn(C)n1)=NC2. The largest absolute Gasteiger partial charge is 0.321 e. The molecule has 0 atom stereocenters. The molecule has 1 aromatic carbocycles. The summed E-state index contributed by atoms with van der Waals surface area (Å²) in [5, 5.41) is 16.2. The molecule has 132 valence electrons. The van der Waals surface area contributed by atoms with Crippen LogP contribution in [0.1, 0.15) is 38.4 Å². The zero-order valence-corrected chi connectivity index (χ0v) is 14.9. The van der Waals surface area contributed by atoms with E-state index in [-0.39, 0.29) is 5.91 Å². The molecule has 1 amide bonds. The second-order valence-corrected chi connectivity index (χ2v) is 6.37. The molecule has 1 aliphatic rings. The first-order valence-electron chi connectivity index (χ1n) is 8.41. The Bertz CT molecular complexity index is 1140. The van der Waals surface area contributed by atoms with Crippen molar-refractivity contribution >= 4 is 17.3 Å². The van der Waals surface area contributed by atoms with Crippen LogP contribution in [-0.4, -0.2) is 26.4 Å². The number of aromatic nitrogens is 3. The van der Waals surface area contributed by atoms with Gasteiger partial charge in [-0.15, -0.1) is 0 Å². The number of nitrogens with zero attached hydrogens (tertiary/aromatic N) is 5. The van der Waals surface area contributed by atoms with E-state index in [1.165, 1.54) is 6.20 Å². The van der Waals surface area contributed by atoms with Crippen LogP contribution in [0.3, 0.4) is 0 Å². The van der Waals surface area contributed by atoms with E-state index in [4.69, 9.17) is 5.26 Å². The lowest BCUT2D eigenvalue weighted by molar-refractivity contribution is 0.102. The Morgan fingerprint density at radius 1 is 1.30 bits per heavy atom. The first-order valence-corrected chi connectivity index (χ1v) is 8.41. The molecular formula is C20H16N6O. The summed E-state index contributed by atoms with van der Waals surface area (Å²) < 4.78 is 1.74. The number of fused-ring (bicyclic) bond motifs is 1. The second-order valence-electron chi connectivity index (χ2n) is 6.37. The lowest BCUT2D eigenvalue weighted by Gasteiger charge is -2.09. The van der Waals surface area contributed by atoms with Crippen LogP contribution in [0.25, 0.3) is 0 Å². The molecule has 3 heterocycles. The molecule has 1 N–H and O–H groups in total. The minimum Gasteiger partial charge on any atom is -0.321 e. The number of nitrogens with one attached hydrogen (secondary N) is 1. The third kappa shape index (κ3) is 3.09. The van der Waals surface area contributed by atoms with Crippen molar-refractivity contribution in [1.29, 1.82) is 5.26 Å². The van der Waals surface area contributed by atoms with Crippen LogP contribution in [0.15, 0.2) is 47.7 Å². The van der Waals surface area contributed by atoms with Gasteiger partial charge in [-0.25, -0.2) is 4.98 Å². The Labute approximate surface area is 156 Å². The molecule has 0 spiro atoms. The molecule has 0 aliphatic carbocycles. The van der Waals surface area contributed by atoms with Crippen LogP contribution in [0.5, 0.6) is 0 Å². The maximum absolute atomic E-state index is 12.6. The zero-order chi connectivity index (χ0) is 19.0. The number of aryl methyl sites for hydroxylation is 2. The standard InChI is InChI=1S/C20H16N6O/c1-12-7-13(9-21)10-22-18(12)20(27)24-15-4-3-14-11-23-19(16(14)8-15)17-5-6-26(2)25-17/h3-8,10H,11H2,1-2H3,(H,24,27). The number of benzene rings is 1. The maximum atomic E-state index is 12.6. The Balaban J connectivity index is 1.61. The molecule has 3 aromatic rings. The summed E-state index contributed by atoms with van der Waals surface area (Å²) in [6.07, 6.45) is 3.28. The number of hydrogen-bond acceptors (Lipinski definition) is 5. The summed E-state index contributed by atoms with van der Waals surface area (Å²) in [6.45, 7) is 2.36. The smallest absolute Gasteiger partial charge is 0.274 e. The lowest BCUT2D eigenvalue weighted by atomic mass is 10.0. The number of amides is 1. The van der Waals surface area contributed by atoms with E-state index < -0.39 is 0 Å². The van der Waals surface area contributed by atoms with Gasteiger partial charge in [-0.1, -0.05) is 6.07 Å². The molecule has 27 heavy (non-hydrogen) atoms. The van der Waals surface area contributed by atoms with Gasteiger partial charge in [0.2, 0.25) is 0 Å². The van der Waals surface area contributed by atoms with Gasteiger partial charge in [0.05, 0.1) is 17.8 Å². The number of carbonyl (C=O) groups is 1. The van der Waals surface area contributed by atoms with Gasteiger partial charge in [0.25, 0.3) is 5.91 Å². The van der Waals surface area contributed by atoms with Crippen molar-refractivity contribution in [1.82, 2.24) is 14.8 Å². The van der Waals surface area contributed by atoms with Gasteiger partial charge in [-0.3, -0.25) is 14.5 Å². The molecule has 4 rings (SSSR count). The average Bonchev–Trinajstić information content (AvgIpc) is 3.27. The lowest BCUT2D eigenvalue weighted by Crippen LogP contribution is -2.16. The van der Waals surface area contributed by atoms with Crippen LogP contribution in [0, 0.1) is 18.3 Å². The Morgan fingerprint density at radius 3 is 2.85 bits per heavy atom. The van der Waals surface area contributed by atoms with Crippen molar-refractivity contribution in [2.24, 2.45) is 12.0 Å². The van der Waals surface area contributed by atoms with E-state index >= 15 is 0 Å². The van der Waals surface area contributed by atoms with Gasteiger partial charge in [0.1, 0.15) is 17.5 Å². The van der Waals surface area contributed by atoms with E-state index in [0.29, 0.717) is 29.1 Å². The molecule has 7 nitrogen and oxygen atoms in total.